The second kappa shape index (κ2) is 8.55. The van der Waals surface area contributed by atoms with E-state index in [1.807, 2.05) is 0 Å². The molecule has 246 valence electrons. The predicted octanol–water partition coefficient (Wildman–Crippen LogP) is 10.0. The summed E-state index contributed by atoms with van der Waals surface area (Å²) in [5.41, 5.74) is 19.0. The third-order valence-corrected chi connectivity index (χ3v) is 13.2. The van der Waals surface area contributed by atoms with Crippen molar-refractivity contribution >= 4 is 60.8 Å². The number of pyridine rings is 1. The first-order valence-corrected chi connectivity index (χ1v) is 18.8. The number of nitrogens with zero attached hydrogens (tertiary/aromatic N) is 5. The van der Waals surface area contributed by atoms with Gasteiger partial charge in [0.1, 0.15) is 16.5 Å². The summed E-state index contributed by atoms with van der Waals surface area (Å²) in [6, 6.07) is 57.9. The third-order valence-electron chi connectivity index (χ3n) is 13.2. The van der Waals surface area contributed by atoms with Crippen molar-refractivity contribution in [2.75, 3.05) is 0 Å². The molecular formula is C48H32N5+3. The first-order chi connectivity index (χ1) is 26.2. The highest BCUT2D eigenvalue weighted by Gasteiger charge is 2.73. The second-order valence-corrected chi connectivity index (χ2v) is 15.6. The fourth-order valence-electron chi connectivity index (χ4n) is 11.6. The molecule has 4 aliphatic rings. The number of rotatable bonds is 1. The van der Waals surface area contributed by atoms with Crippen molar-refractivity contribution in [3.63, 3.8) is 0 Å². The average Bonchev–Trinajstić information content (AvgIpc) is 3.97. The van der Waals surface area contributed by atoms with Crippen molar-refractivity contribution in [2.45, 2.75) is 25.3 Å². The van der Waals surface area contributed by atoms with Crippen molar-refractivity contribution in [3.05, 3.63) is 174 Å². The third kappa shape index (κ3) is 2.55. The number of benzene rings is 7. The molecule has 7 aromatic carbocycles. The van der Waals surface area contributed by atoms with Gasteiger partial charge < -0.3 is 0 Å². The molecule has 14 rings (SSSR count). The maximum absolute atomic E-state index is 2.69. The molecule has 1 atom stereocenters. The van der Waals surface area contributed by atoms with E-state index in [-0.39, 0.29) is 6.04 Å². The highest BCUT2D eigenvalue weighted by atomic mass is 15.9. The Morgan fingerprint density at radius 2 is 1.08 bits per heavy atom. The van der Waals surface area contributed by atoms with E-state index in [1.54, 1.807) is 0 Å². The predicted molar refractivity (Wildman–Crippen MR) is 211 cm³/mol. The lowest BCUT2D eigenvalue weighted by Crippen LogP contribution is -2.82. The Hall–Kier alpha value is -6.56. The zero-order valence-electron chi connectivity index (χ0n) is 29.2. The van der Waals surface area contributed by atoms with Crippen molar-refractivity contribution in [2.24, 2.45) is 0 Å². The van der Waals surface area contributed by atoms with Crippen LogP contribution in [0.2, 0.25) is 0 Å². The van der Waals surface area contributed by atoms with Crippen molar-refractivity contribution in [3.8, 4) is 22.5 Å². The molecule has 3 aliphatic heterocycles. The highest BCUT2D eigenvalue weighted by molar-refractivity contribution is 6.20. The number of quaternary nitrogens is 1. The molecule has 5 nitrogen and oxygen atoms in total. The standard InChI is InChI=1S/C48H32N5/c1-28(2)49-39-22-9-11-24-41(39)51-46(49)33-17-13-20-36-44(33)53(51)45-37(48(36)34-18-6-3-14-29(34)30-15-4-7-19-35(30)48)27-26-32-31-16-5-8-21-38(31)50-40-23-10-12-25-42(40)52(53)47(50)43(32)45/h3-28H,1-2H3/q+3. The molecule has 1 aliphatic carbocycles. The van der Waals surface area contributed by atoms with E-state index in [0.29, 0.717) is 4.70 Å². The second-order valence-electron chi connectivity index (χ2n) is 15.6. The maximum Gasteiger partial charge on any atom is 0.357 e. The van der Waals surface area contributed by atoms with Crippen molar-refractivity contribution in [1.29, 1.82) is 0 Å². The van der Waals surface area contributed by atoms with E-state index in [0.717, 1.165) is 0 Å². The number of aromatic nitrogens is 4. The molecular weight excluding hydrogens is 647 g/mol. The first kappa shape index (κ1) is 27.1. The van der Waals surface area contributed by atoms with E-state index < -0.39 is 5.41 Å². The van der Waals surface area contributed by atoms with Gasteiger partial charge in [0.25, 0.3) is 0 Å². The van der Waals surface area contributed by atoms with Crippen LogP contribution in [-0.4, -0.2) is 8.97 Å². The van der Waals surface area contributed by atoms with Crippen LogP contribution in [0, 0.1) is 0 Å². The number of hydrogen-bond donors (Lipinski definition) is 0. The molecule has 0 amide bonds. The van der Waals surface area contributed by atoms with Gasteiger partial charge in [-0.05, 0) is 72.5 Å². The van der Waals surface area contributed by atoms with Crippen molar-refractivity contribution < 1.29 is 9.35 Å². The van der Waals surface area contributed by atoms with Gasteiger partial charge in [0, 0.05) is 31.3 Å². The van der Waals surface area contributed by atoms with Gasteiger partial charge in [-0.3, -0.25) is 0 Å². The Bertz CT molecular complexity index is 3350. The first-order valence-electron chi connectivity index (χ1n) is 18.8. The van der Waals surface area contributed by atoms with Crippen molar-refractivity contribution in [1.82, 2.24) is 13.7 Å². The molecule has 0 radical (unpaired) electrons. The van der Waals surface area contributed by atoms with Gasteiger partial charge in [-0.15, -0.1) is 0 Å². The molecule has 1 unspecified atom stereocenters. The van der Waals surface area contributed by atoms with Gasteiger partial charge in [-0.2, -0.15) is 4.40 Å². The van der Waals surface area contributed by atoms with Crippen LogP contribution >= 0.6 is 0 Å². The van der Waals surface area contributed by atoms with E-state index in [9.17, 15) is 0 Å². The molecule has 0 saturated carbocycles. The van der Waals surface area contributed by atoms with Gasteiger partial charge >= 0.3 is 11.5 Å². The molecule has 10 aromatic rings. The number of para-hydroxylation sites is 6. The van der Waals surface area contributed by atoms with Gasteiger partial charge in [0.15, 0.2) is 11.0 Å². The average molecular weight is 679 g/mol. The SMILES string of the molecule is CC(C)n1c2[n+](c3ccccc31)[N+]13c4c-2cccc4C2(c4ccccc4-c4ccccc42)c2ccc4c5ccccc5n5c6ccccc6[n+]1c5c4c23. The summed E-state index contributed by atoms with van der Waals surface area (Å²) in [6.07, 6.45) is 0. The summed E-state index contributed by atoms with van der Waals surface area (Å²) in [5, 5.41) is 3.91. The number of hydrogen-bond acceptors (Lipinski definition) is 0. The van der Waals surface area contributed by atoms with Crippen LogP contribution in [-0.2, 0) is 5.41 Å². The summed E-state index contributed by atoms with van der Waals surface area (Å²) in [6.45, 7) is 4.67. The molecule has 0 saturated heterocycles. The lowest BCUT2D eigenvalue weighted by atomic mass is 9.64. The van der Waals surface area contributed by atoms with Crippen LogP contribution in [0.15, 0.2) is 152 Å². The Morgan fingerprint density at radius 3 is 1.83 bits per heavy atom. The maximum atomic E-state index is 2.69. The van der Waals surface area contributed by atoms with E-state index >= 15 is 0 Å². The lowest BCUT2D eigenvalue weighted by Gasteiger charge is -2.40. The summed E-state index contributed by atoms with van der Waals surface area (Å²) >= 11 is 0. The fourth-order valence-corrected chi connectivity index (χ4v) is 11.6. The zero-order valence-corrected chi connectivity index (χ0v) is 29.2. The largest absolute Gasteiger partial charge is 0.357 e. The minimum absolute atomic E-state index is 0.243. The molecule has 0 fully saturated rings. The fraction of sp³-hybridized carbons (Fsp3) is 0.0833. The monoisotopic (exact) mass is 678 g/mol. The molecule has 0 bridgehead atoms. The summed E-state index contributed by atoms with van der Waals surface area (Å²) in [7, 11) is 0. The van der Waals surface area contributed by atoms with Crippen LogP contribution in [0.1, 0.15) is 42.1 Å². The molecule has 2 spiro atoms. The van der Waals surface area contributed by atoms with E-state index in [1.165, 1.54) is 106 Å². The van der Waals surface area contributed by atoms with Crippen LogP contribution < -0.4 is 14.1 Å². The minimum Gasteiger partial charge on any atom is -0.216 e. The Morgan fingerprint density at radius 1 is 0.491 bits per heavy atom. The number of imidazole rings is 2. The molecule has 5 heteroatoms. The highest BCUT2D eigenvalue weighted by Crippen LogP contribution is 2.68. The smallest absolute Gasteiger partial charge is 0.216 e. The van der Waals surface area contributed by atoms with Gasteiger partial charge in [-0.1, -0.05) is 115 Å². The number of fused-ring (bicyclic) bond motifs is 17. The quantitative estimate of drug-likeness (QED) is 0.0935. The Balaban J connectivity index is 1.35. The Kier molecular flexibility index (Phi) is 4.38. The summed E-state index contributed by atoms with van der Waals surface area (Å²) in [5.74, 6) is 1.26. The summed E-state index contributed by atoms with van der Waals surface area (Å²) < 4.78 is 11.0. The minimum atomic E-state index is -0.505. The molecule has 6 heterocycles. The van der Waals surface area contributed by atoms with Gasteiger partial charge in [-0.25, -0.2) is 4.57 Å². The Labute approximate surface area is 304 Å². The lowest BCUT2D eigenvalue weighted by molar-refractivity contribution is -1.000. The normalized spacial score (nSPS) is 17.6. The van der Waals surface area contributed by atoms with Crippen LogP contribution in [0.3, 0.4) is 0 Å². The molecule has 53 heavy (non-hydrogen) atoms. The van der Waals surface area contributed by atoms with Gasteiger partial charge in [0.2, 0.25) is 22.4 Å². The van der Waals surface area contributed by atoms with Gasteiger partial charge in [0.05, 0.1) is 16.2 Å². The van der Waals surface area contributed by atoms with Crippen LogP contribution in [0.25, 0.3) is 71.9 Å². The van der Waals surface area contributed by atoms with E-state index in [4.69, 9.17) is 0 Å². The summed E-state index contributed by atoms with van der Waals surface area (Å²) in [4.78, 5) is 0. The van der Waals surface area contributed by atoms with Crippen LogP contribution in [0.4, 0.5) is 11.4 Å². The topological polar surface area (TPSA) is 17.1 Å². The molecule has 0 N–H and O–H groups in total. The molecule has 3 aromatic heterocycles. The van der Waals surface area contributed by atoms with E-state index in [2.05, 4.69) is 184 Å². The zero-order chi connectivity index (χ0) is 34.5. The van der Waals surface area contributed by atoms with Crippen LogP contribution in [0.5, 0.6) is 0 Å².